The summed E-state index contributed by atoms with van der Waals surface area (Å²) < 4.78 is 13.2. The van der Waals surface area contributed by atoms with Gasteiger partial charge in [0.1, 0.15) is 5.78 Å². The Balaban J connectivity index is 1.30. The molecule has 2 heterocycles. The Kier molecular flexibility index (Phi) is 4.62. The van der Waals surface area contributed by atoms with E-state index in [1.54, 1.807) is 0 Å². The molecule has 2 saturated heterocycles. The number of carbonyl (C=O) groups is 1. The fourth-order valence-corrected chi connectivity index (χ4v) is 10.1. The monoisotopic (exact) mass is 430 g/mol. The molecule has 1 spiro atoms. The summed E-state index contributed by atoms with van der Waals surface area (Å²) in [6, 6.07) is 0. The molecule has 0 radical (unpaired) electrons. The Morgan fingerprint density at radius 1 is 1.00 bits per heavy atom. The first-order valence-electron chi connectivity index (χ1n) is 13.2. The van der Waals surface area contributed by atoms with Gasteiger partial charge in [0, 0.05) is 24.7 Å². The molecule has 0 aromatic heterocycles. The Morgan fingerprint density at radius 3 is 2.55 bits per heavy atom. The Hall–Kier alpha value is -0.450. The van der Waals surface area contributed by atoms with Crippen LogP contribution in [0.4, 0.5) is 0 Å². The summed E-state index contributed by atoms with van der Waals surface area (Å²) in [6.07, 6.45) is 9.26. The van der Waals surface area contributed by atoms with Crippen LogP contribution < -0.4 is 0 Å². The van der Waals surface area contributed by atoms with Crippen molar-refractivity contribution >= 4 is 5.78 Å². The van der Waals surface area contributed by atoms with Crippen LogP contribution in [0.5, 0.6) is 0 Å². The summed E-state index contributed by atoms with van der Waals surface area (Å²) >= 11 is 0. The number of Topliss-reactive ketones (excluding diaryl/α,β-unsaturated/α-hetero) is 1. The van der Waals surface area contributed by atoms with Crippen molar-refractivity contribution in [3.05, 3.63) is 0 Å². The lowest BCUT2D eigenvalue weighted by Gasteiger charge is -2.60. The second kappa shape index (κ2) is 6.79. The van der Waals surface area contributed by atoms with Crippen LogP contribution in [0.3, 0.4) is 0 Å². The molecular weight excluding hydrogens is 388 g/mol. The molecule has 0 bridgehead atoms. The van der Waals surface area contributed by atoms with Crippen LogP contribution in [0.2, 0.25) is 0 Å². The summed E-state index contributed by atoms with van der Waals surface area (Å²) in [6.45, 7) is 10.2. The molecule has 6 aliphatic rings. The van der Waals surface area contributed by atoms with Crippen molar-refractivity contribution in [3.63, 3.8) is 0 Å². The second-order valence-corrected chi connectivity index (χ2v) is 13.1. The van der Waals surface area contributed by atoms with Crippen molar-refractivity contribution in [2.75, 3.05) is 6.61 Å². The van der Waals surface area contributed by atoms with E-state index in [9.17, 15) is 9.90 Å². The average Bonchev–Trinajstić information content (AvgIpc) is 3.15. The summed E-state index contributed by atoms with van der Waals surface area (Å²) in [7, 11) is 0. The van der Waals surface area contributed by atoms with Crippen molar-refractivity contribution in [3.8, 4) is 0 Å². The Bertz CT molecular complexity index is 756. The van der Waals surface area contributed by atoms with Crippen LogP contribution in [-0.4, -0.2) is 35.5 Å². The number of rotatable bonds is 0. The minimum atomic E-state index is -0.404. The van der Waals surface area contributed by atoms with E-state index in [4.69, 9.17) is 9.47 Å². The van der Waals surface area contributed by atoms with Gasteiger partial charge in [-0.25, -0.2) is 0 Å². The van der Waals surface area contributed by atoms with Gasteiger partial charge in [-0.1, -0.05) is 27.7 Å². The van der Waals surface area contributed by atoms with Crippen LogP contribution in [0.1, 0.15) is 85.5 Å². The minimum Gasteiger partial charge on any atom is -0.393 e. The summed E-state index contributed by atoms with van der Waals surface area (Å²) in [4.78, 5) is 13.9. The van der Waals surface area contributed by atoms with Gasteiger partial charge in [0.25, 0.3) is 0 Å². The standard InChI is InChI=1S/C27H42O4/c1-15-7-10-27(30-14-15)16(2)23-22(31-27)12-20-19-6-5-17-11-18(28)8-9-25(17,3)24(19)21(29)13-26(20,23)4/h15-20,22-24,28H,5-14H2,1-4H3/t15-,16+,17-,18-,19-,20-,22-,23-,24+,25-,26-,27-/m0/s1. The van der Waals surface area contributed by atoms with Crippen LogP contribution in [0.25, 0.3) is 0 Å². The maximum absolute atomic E-state index is 13.9. The molecule has 6 rings (SSSR count). The molecule has 0 unspecified atom stereocenters. The molecule has 12 atom stereocenters. The zero-order valence-electron chi connectivity index (χ0n) is 19.9. The lowest BCUT2D eigenvalue weighted by molar-refractivity contribution is -0.272. The number of fused-ring (bicyclic) bond motifs is 7. The molecule has 31 heavy (non-hydrogen) atoms. The first kappa shape index (κ1) is 21.1. The van der Waals surface area contributed by atoms with E-state index in [1.807, 2.05) is 0 Å². The highest BCUT2D eigenvalue weighted by Crippen LogP contribution is 2.70. The normalized spacial score (nSPS) is 60.9. The lowest BCUT2D eigenvalue weighted by Crippen LogP contribution is -2.58. The van der Waals surface area contributed by atoms with Crippen molar-refractivity contribution in [1.29, 1.82) is 0 Å². The van der Waals surface area contributed by atoms with Crippen molar-refractivity contribution < 1.29 is 19.4 Å². The third kappa shape index (κ3) is 2.74. The SMILES string of the molecule is C[C@H]1CC[C@]2(OC1)O[C@H]1C[C@H]3[C@@H]4CC[C@H]5C[C@@H](O)CC[C@]5(C)[C@H]4C(=O)C[C@]3(C)[C@H]1[C@H]2C. The fraction of sp³-hybridized carbons (Fsp3) is 0.963. The molecule has 174 valence electrons. The molecular formula is C27H42O4. The number of aliphatic hydroxyl groups is 1. The van der Waals surface area contributed by atoms with Crippen LogP contribution in [0.15, 0.2) is 0 Å². The predicted octanol–water partition coefficient (Wildman–Crippen LogP) is 4.97. The number of aliphatic hydroxyl groups excluding tert-OH is 1. The molecule has 4 nitrogen and oxygen atoms in total. The van der Waals surface area contributed by atoms with E-state index in [-0.39, 0.29) is 29.0 Å². The highest BCUT2D eigenvalue weighted by molar-refractivity contribution is 5.84. The van der Waals surface area contributed by atoms with E-state index in [1.165, 1.54) is 12.8 Å². The van der Waals surface area contributed by atoms with Gasteiger partial charge in [-0.05, 0) is 85.4 Å². The summed E-state index contributed by atoms with van der Waals surface area (Å²) in [5.74, 6) is 3.36. The summed E-state index contributed by atoms with van der Waals surface area (Å²) in [5, 5.41) is 10.3. The molecule has 4 heteroatoms. The average molecular weight is 431 g/mol. The molecule has 2 aliphatic heterocycles. The van der Waals surface area contributed by atoms with Gasteiger partial charge in [0.15, 0.2) is 5.79 Å². The third-order valence-corrected chi connectivity index (χ3v) is 11.6. The highest BCUT2D eigenvalue weighted by Gasteiger charge is 2.70. The number of ketones is 1. The van der Waals surface area contributed by atoms with E-state index < -0.39 is 5.79 Å². The van der Waals surface area contributed by atoms with E-state index in [0.717, 1.165) is 51.6 Å². The number of ether oxygens (including phenoxy) is 2. The van der Waals surface area contributed by atoms with Gasteiger partial charge >= 0.3 is 0 Å². The number of hydrogen-bond acceptors (Lipinski definition) is 4. The highest BCUT2D eigenvalue weighted by atomic mass is 16.7. The molecule has 4 aliphatic carbocycles. The molecule has 0 aromatic rings. The molecule has 6 fully saturated rings. The van der Waals surface area contributed by atoms with Gasteiger partial charge in [-0.3, -0.25) is 4.79 Å². The fourth-order valence-electron chi connectivity index (χ4n) is 10.1. The number of carbonyl (C=O) groups excluding carboxylic acids is 1. The Labute approximate surface area is 187 Å². The molecule has 0 aromatic carbocycles. The van der Waals surface area contributed by atoms with Gasteiger partial charge < -0.3 is 14.6 Å². The van der Waals surface area contributed by atoms with Crippen LogP contribution in [0, 0.1) is 52.3 Å². The smallest absolute Gasteiger partial charge is 0.171 e. The molecule has 0 amide bonds. The quantitative estimate of drug-likeness (QED) is 0.589. The molecule has 4 saturated carbocycles. The zero-order chi connectivity index (χ0) is 21.8. The predicted molar refractivity (Wildman–Crippen MR) is 118 cm³/mol. The summed E-state index contributed by atoms with van der Waals surface area (Å²) in [5.41, 5.74) is 0.143. The van der Waals surface area contributed by atoms with E-state index >= 15 is 0 Å². The van der Waals surface area contributed by atoms with Gasteiger partial charge in [-0.15, -0.1) is 0 Å². The van der Waals surface area contributed by atoms with Crippen molar-refractivity contribution in [2.24, 2.45) is 52.3 Å². The maximum Gasteiger partial charge on any atom is 0.171 e. The largest absolute Gasteiger partial charge is 0.393 e. The third-order valence-electron chi connectivity index (χ3n) is 11.6. The topological polar surface area (TPSA) is 55.8 Å². The number of hydrogen-bond donors (Lipinski definition) is 1. The Morgan fingerprint density at radius 2 is 1.81 bits per heavy atom. The van der Waals surface area contributed by atoms with E-state index in [2.05, 4.69) is 27.7 Å². The molecule has 1 N–H and O–H groups in total. The van der Waals surface area contributed by atoms with Gasteiger partial charge in [-0.2, -0.15) is 0 Å². The lowest BCUT2D eigenvalue weighted by atomic mass is 9.44. The zero-order valence-corrected chi connectivity index (χ0v) is 19.9. The van der Waals surface area contributed by atoms with Gasteiger partial charge in [0.05, 0.1) is 18.8 Å². The first-order chi connectivity index (χ1) is 14.7. The van der Waals surface area contributed by atoms with Gasteiger partial charge in [0.2, 0.25) is 0 Å². The first-order valence-corrected chi connectivity index (χ1v) is 13.2. The van der Waals surface area contributed by atoms with Crippen LogP contribution >= 0.6 is 0 Å². The minimum absolute atomic E-state index is 0.0512. The van der Waals surface area contributed by atoms with E-state index in [0.29, 0.717) is 41.3 Å². The van der Waals surface area contributed by atoms with Crippen molar-refractivity contribution in [1.82, 2.24) is 0 Å². The van der Waals surface area contributed by atoms with Crippen LogP contribution in [-0.2, 0) is 14.3 Å². The second-order valence-electron chi connectivity index (χ2n) is 13.1. The maximum atomic E-state index is 13.9. The van der Waals surface area contributed by atoms with Crippen molar-refractivity contribution in [2.45, 2.75) is 103 Å².